The molecule has 0 saturated carbocycles. The second-order valence-electron chi connectivity index (χ2n) is 9.73. The summed E-state index contributed by atoms with van der Waals surface area (Å²) in [6.07, 6.45) is 8.77. The minimum atomic E-state index is -0.879. The Kier molecular flexibility index (Phi) is 11.0. The normalized spacial score (nSPS) is 14.5. The van der Waals surface area contributed by atoms with Crippen LogP contribution in [0.15, 0.2) is 91.1 Å². The molecule has 3 aromatic carbocycles. The largest absolute Gasteiger partial charge is 0.478 e. The number of nitrogens with one attached hydrogen (secondary N) is 1. The molecule has 7 heteroatoms. The molecule has 4 aromatic rings. The summed E-state index contributed by atoms with van der Waals surface area (Å²) < 4.78 is 0. The summed E-state index contributed by atoms with van der Waals surface area (Å²) in [5.41, 5.74) is 12.1. The minimum Gasteiger partial charge on any atom is -0.478 e. The van der Waals surface area contributed by atoms with Crippen LogP contribution in [0.2, 0.25) is 0 Å². The van der Waals surface area contributed by atoms with Crippen molar-refractivity contribution in [2.75, 3.05) is 20.6 Å². The van der Waals surface area contributed by atoms with Gasteiger partial charge < -0.3 is 25.8 Å². The number of carboxylic acids is 2. The highest BCUT2D eigenvalue weighted by atomic mass is 16.4. The number of hydrogen-bond donors (Lipinski definition) is 4. The molecule has 1 heterocycles. The van der Waals surface area contributed by atoms with Crippen molar-refractivity contribution in [1.82, 2.24) is 9.88 Å². The van der Waals surface area contributed by atoms with Crippen molar-refractivity contribution >= 4 is 28.4 Å². The van der Waals surface area contributed by atoms with Crippen molar-refractivity contribution in [3.8, 4) is 0 Å². The summed E-state index contributed by atoms with van der Waals surface area (Å²) >= 11 is 0. The second kappa shape index (κ2) is 14.7. The number of nitrogens with zero attached hydrogens (tertiary/aromatic N) is 1. The predicted molar refractivity (Wildman–Crippen MR) is 157 cm³/mol. The number of H-pyrrole nitrogens is 1. The maximum absolute atomic E-state index is 10.2. The quantitative estimate of drug-likeness (QED) is 0.246. The molecule has 0 bridgehead atoms. The van der Waals surface area contributed by atoms with Crippen LogP contribution in [0.5, 0.6) is 0 Å². The van der Waals surface area contributed by atoms with E-state index in [0.717, 1.165) is 32.2 Å². The Morgan fingerprint density at radius 3 is 1.97 bits per heavy atom. The first-order valence-corrected chi connectivity index (χ1v) is 13.0. The van der Waals surface area contributed by atoms with Gasteiger partial charge in [0.15, 0.2) is 0 Å². The van der Waals surface area contributed by atoms with E-state index in [1.54, 1.807) is 60.7 Å². The van der Waals surface area contributed by atoms with E-state index in [2.05, 4.69) is 54.5 Å². The van der Waals surface area contributed by atoms with E-state index in [1.165, 1.54) is 27.6 Å². The van der Waals surface area contributed by atoms with Crippen LogP contribution in [0.25, 0.3) is 16.5 Å². The maximum atomic E-state index is 10.2. The van der Waals surface area contributed by atoms with Crippen LogP contribution < -0.4 is 5.73 Å². The summed E-state index contributed by atoms with van der Waals surface area (Å²) in [5.74, 6) is -1.76. The standard InChI is InChI=1S/C18H25N3.2C7H6O2/c1-21(2)10-9-15-12-20-18-8-5-14(11-17(15)18)13-3-6-16(19)7-4-13;2*8-7(9)6-4-2-1-3-5-6/h3,5,8,11-12,16,20H,4,6-7,9-10,19H2,1-2H3;2*1-5H,(H,8,9). The highest BCUT2D eigenvalue weighted by Crippen LogP contribution is 2.29. The smallest absolute Gasteiger partial charge is 0.335 e. The molecule has 0 radical (unpaired) electrons. The molecular formula is C32H37N3O4. The first-order valence-electron chi connectivity index (χ1n) is 13.0. The van der Waals surface area contributed by atoms with E-state index in [0.29, 0.717) is 17.2 Å². The third kappa shape index (κ3) is 9.25. The second-order valence-corrected chi connectivity index (χ2v) is 9.73. The van der Waals surface area contributed by atoms with Gasteiger partial charge in [-0.15, -0.1) is 0 Å². The fourth-order valence-corrected chi connectivity index (χ4v) is 4.21. The molecule has 0 saturated heterocycles. The number of aromatic nitrogens is 1. The maximum Gasteiger partial charge on any atom is 0.335 e. The van der Waals surface area contributed by atoms with Gasteiger partial charge in [-0.05, 0) is 92.9 Å². The number of fused-ring (bicyclic) bond motifs is 1. The number of likely N-dealkylation sites (N-methyl/N-ethyl adjacent to an activating group) is 1. The first kappa shape index (κ1) is 29.4. The summed E-state index contributed by atoms with van der Waals surface area (Å²) in [6, 6.07) is 23.7. The number of hydrogen-bond acceptors (Lipinski definition) is 4. The zero-order chi connectivity index (χ0) is 28.2. The van der Waals surface area contributed by atoms with Crippen LogP contribution in [0.4, 0.5) is 0 Å². The number of aromatic carboxylic acids is 2. The molecule has 1 aliphatic rings. The predicted octanol–water partition coefficient (Wildman–Crippen LogP) is 5.94. The lowest BCUT2D eigenvalue weighted by Gasteiger charge is -2.18. The zero-order valence-corrected chi connectivity index (χ0v) is 22.5. The van der Waals surface area contributed by atoms with Gasteiger partial charge in [-0.3, -0.25) is 0 Å². The molecule has 5 rings (SSSR count). The van der Waals surface area contributed by atoms with E-state index in [9.17, 15) is 9.59 Å². The summed E-state index contributed by atoms with van der Waals surface area (Å²) in [6.45, 7) is 1.08. The molecule has 1 aliphatic carbocycles. The van der Waals surface area contributed by atoms with Gasteiger partial charge in [-0.25, -0.2) is 9.59 Å². The van der Waals surface area contributed by atoms with E-state index in [1.807, 2.05) is 0 Å². The van der Waals surface area contributed by atoms with Crippen LogP contribution in [0, 0.1) is 0 Å². The fraction of sp³-hybridized carbons (Fsp3) is 0.250. The molecule has 0 fully saturated rings. The molecule has 39 heavy (non-hydrogen) atoms. The molecular weight excluding hydrogens is 490 g/mol. The molecule has 0 amide bonds. The number of nitrogens with two attached hydrogens (primary N) is 1. The minimum absolute atomic E-state index is 0.331. The number of benzene rings is 3. The van der Waals surface area contributed by atoms with Gasteiger partial charge >= 0.3 is 11.9 Å². The number of rotatable bonds is 6. The van der Waals surface area contributed by atoms with Crippen molar-refractivity contribution in [3.05, 3.63) is 113 Å². The number of carbonyl (C=O) groups is 2. The van der Waals surface area contributed by atoms with Crippen molar-refractivity contribution in [1.29, 1.82) is 0 Å². The molecule has 5 N–H and O–H groups in total. The van der Waals surface area contributed by atoms with Gasteiger partial charge in [0, 0.05) is 29.7 Å². The Labute approximate surface area is 229 Å². The average molecular weight is 528 g/mol. The van der Waals surface area contributed by atoms with Gasteiger partial charge in [0.25, 0.3) is 0 Å². The molecule has 0 aliphatic heterocycles. The Morgan fingerprint density at radius 2 is 1.51 bits per heavy atom. The van der Waals surface area contributed by atoms with E-state index in [4.69, 9.17) is 15.9 Å². The lowest BCUT2D eigenvalue weighted by atomic mass is 9.90. The van der Waals surface area contributed by atoms with Crippen molar-refractivity contribution in [3.63, 3.8) is 0 Å². The molecule has 1 unspecified atom stereocenters. The molecule has 7 nitrogen and oxygen atoms in total. The lowest BCUT2D eigenvalue weighted by Crippen LogP contribution is -2.21. The molecule has 0 spiro atoms. The van der Waals surface area contributed by atoms with Crippen LogP contribution in [0.1, 0.15) is 51.1 Å². The molecule has 204 valence electrons. The third-order valence-corrected chi connectivity index (χ3v) is 6.46. The fourth-order valence-electron chi connectivity index (χ4n) is 4.21. The zero-order valence-electron chi connectivity index (χ0n) is 22.5. The monoisotopic (exact) mass is 527 g/mol. The molecule has 1 atom stereocenters. The molecule has 1 aromatic heterocycles. The lowest BCUT2D eigenvalue weighted by molar-refractivity contribution is 0.0686. The van der Waals surface area contributed by atoms with Gasteiger partial charge in [-0.2, -0.15) is 0 Å². The number of allylic oxidation sites excluding steroid dienone is 1. The summed E-state index contributed by atoms with van der Waals surface area (Å²) in [4.78, 5) is 26.0. The van der Waals surface area contributed by atoms with Crippen LogP contribution >= 0.6 is 0 Å². The first-order chi connectivity index (χ1) is 18.7. The third-order valence-electron chi connectivity index (χ3n) is 6.46. The van der Waals surface area contributed by atoms with Gasteiger partial charge in [0.2, 0.25) is 0 Å². The Hall–Kier alpha value is -4.20. The Bertz CT molecular complexity index is 1330. The highest BCUT2D eigenvalue weighted by molar-refractivity contribution is 5.88. The summed E-state index contributed by atoms with van der Waals surface area (Å²) in [5, 5.41) is 18.1. The van der Waals surface area contributed by atoms with Crippen LogP contribution in [-0.4, -0.2) is 58.7 Å². The van der Waals surface area contributed by atoms with E-state index in [-0.39, 0.29) is 0 Å². The van der Waals surface area contributed by atoms with E-state index >= 15 is 0 Å². The van der Waals surface area contributed by atoms with Gasteiger partial charge in [0.05, 0.1) is 11.1 Å². The highest BCUT2D eigenvalue weighted by Gasteiger charge is 2.13. The van der Waals surface area contributed by atoms with Crippen molar-refractivity contribution in [2.24, 2.45) is 5.73 Å². The van der Waals surface area contributed by atoms with Crippen molar-refractivity contribution < 1.29 is 19.8 Å². The average Bonchev–Trinajstić information content (AvgIpc) is 3.36. The SMILES string of the molecule is CN(C)CCc1c[nH]c2ccc(C3=CCC(N)CC3)cc12.O=C(O)c1ccccc1.O=C(O)c1ccccc1. The van der Waals surface area contributed by atoms with Crippen molar-refractivity contribution in [2.45, 2.75) is 31.7 Å². The van der Waals surface area contributed by atoms with Gasteiger partial charge in [0.1, 0.15) is 0 Å². The Balaban J connectivity index is 0.000000192. The Morgan fingerprint density at radius 1 is 0.923 bits per heavy atom. The van der Waals surface area contributed by atoms with Gasteiger partial charge in [-0.1, -0.05) is 48.5 Å². The summed E-state index contributed by atoms with van der Waals surface area (Å²) in [7, 11) is 4.24. The van der Waals surface area contributed by atoms with E-state index < -0.39 is 11.9 Å². The van der Waals surface area contributed by atoms with Crippen LogP contribution in [-0.2, 0) is 6.42 Å². The van der Waals surface area contributed by atoms with Crippen LogP contribution in [0.3, 0.4) is 0 Å². The number of carboxylic acid groups (broad SMARTS) is 2. The number of aromatic amines is 1. The topological polar surface area (TPSA) is 120 Å².